The quantitative estimate of drug-likeness (QED) is 0.152. The van der Waals surface area contributed by atoms with Crippen LogP contribution in [0.2, 0.25) is 0 Å². The summed E-state index contributed by atoms with van der Waals surface area (Å²) in [5.74, 6) is -2.29. The van der Waals surface area contributed by atoms with Crippen molar-refractivity contribution in [2.24, 2.45) is 0 Å². The highest BCUT2D eigenvalue weighted by molar-refractivity contribution is 8.00. The van der Waals surface area contributed by atoms with Crippen molar-refractivity contribution in [1.29, 1.82) is 0 Å². The highest BCUT2D eigenvalue weighted by Gasteiger charge is 2.16. The molecule has 9 nitrogen and oxygen atoms in total. The van der Waals surface area contributed by atoms with E-state index in [-0.39, 0.29) is 22.9 Å². The Morgan fingerprint density at radius 3 is 2.41 bits per heavy atom. The van der Waals surface area contributed by atoms with Gasteiger partial charge in [0.15, 0.2) is 0 Å². The largest absolute Gasteiger partial charge is 0.478 e. The zero-order valence-corrected chi connectivity index (χ0v) is 22.8. The predicted molar refractivity (Wildman–Crippen MR) is 159 cm³/mol. The first-order valence-corrected chi connectivity index (χ1v) is 13.4. The normalized spacial score (nSPS) is 10.9. The van der Waals surface area contributed by atoms with Crippen molar-refractivity contribution >= 4 is 52.9 Å². The van der Waals surface area contributed by atoms with Gasteiger partial charge in [-0.1, -0.05) is 36.4 Å². The summed E-state index contributed by atoms with van der Waals surface area (Å²) in [7, 11) is 0. The molecule has 1 heterocycles. The molecule has 41 heavy (non-hydrogen) atoms. The summed E-state index contributed by atoms with van der Waals surface area (Å²) in [5.41, 5.74) is 2.79. The van der Waals surface area contributed by atoms with Gasteiger partial charge in [0.1, 0.15) is 5.70 Å². The van der Waals surface area contributed by atoms with E-state index in [2.05, 4.69) is 20.9 Å². The number of carbonyl (C=O) groups excluding carboxylic acids is 3. The number of aryl methyl sites for hydroxylation is 1. The topological polar surface area (TPSA) is 137 Å². The number of carboxylic acid groups (broad SMARTS) is 1. The van der Waals surface area contributed by atoms with E-state index in [9.17, 15) is 24.3 Å². The summed E-state index contributed by atoms with van der Waals surface area (Å²) < 4.78 is 0. The van der Waals surface area contributed by atoms with E-state index in [1.165, 1.54) is 30.0 Å². The van der Waals surface area contributed by atoms with Gasteiger partial charge >= 0.3 is 5.97 Å². The fourth-order valence-corrected chi connectivity index (χ4v) is 4.41. The van der Waals surface area contributed by atoms with E-state index in [0.717, 1.165) is 10.5 Å². The van der Waals surface area contributed by atoms with Crippen LogP contribution in [-0.2, 0) is 9.59 Å². The Morgan fingerprint density at radius 2 is 1.68 bits per heavy atom. The number of hydrogen-bond donors (Lipinski definition) is 4. The Bertz CT molecular complexity index is 1610. The molecule has 0 aliphatic heterocycles. The number of pyridine rings is 1. The lowest BCUT2D eigenvalue weighted by atomic mass is 10.1. The van der Waals surface area contributed by atoms with Crippen molar-refractivity contribution < 1.29 is 24.3 Å². The molecule has 0 atom stereocenters. The van der Waals surface area contributed by atoms with Crippen LogP contribution in [0.4, 0.5) is 11.4 Å². The number of anilines is 2. The summed E-state index contributed by atoms with van der Waals surface area (Å²) in [6.07, 6.45) is 4.72. The molecule has 4 aromatic rings. The summed E-state index contributed by atoms with van der Waals surface area (Å²) >= 11 is 1.25. The second-order valence-electron chi connectivity index (χ2n) is 8.82. The molecule has 206 valence electrons. The smallest absolute Gasteiger partial charge is 0.335 e. The van der Waals surface area contributed by atoms with Crippen molar-refractivity contribution in [3.63, 3.8) is 0 Å². The number of nitrogens with one attached hydrogen (secondary N) is 3. The molecular formula is C31H26N4O5S. The molecule has 1 aromatic heterocycles. The fourth-order valence-electron chi connectivity index (χ4n) is 3.66. The van der Waals surface area contributed by atoms with Crippen LogP contribution in [-0.4, -0.2) is 39.5 Å². The molecule has 3 aromatic carbocycles. The first-order chi connectivity index (χ1) is 19.8. The second-order valence-corrected chi connectivity index (χ2v) is 9.87. The maximum Gasteiger partial charge on any atom is 0.335 e. The zero-order valence-electron chi connectivity index (χ0n) is 22.0. The Kier molecular flexibility index (Phi) is 9.63. The predicted octanol–water partition coefficient (Wildman–Crippen LogP) is 5.23. The molecule has 0 bridgehead atoms. The summed E-state index contributed by atoms with van der Waals surface area (Å²) in [5, 5.41) is 17.4. The van der Waals surface area contributed by atoms with Crippen LogP contribution >= 0.6 is 11.8 Å². The standard InChI is InChI=1S/C31H26N4O5S/c1-20-12-13-23(31(39)40)16-26(20)34-28(36)19-41-25-11-5-10-24(17-25)33-30(38)27(15-21-7-6-14-32-18-21)35-29(37)22-8-3-2-4-9-22/h2-18H,19H2,1H3,(H,33,38)(H,34,36)(H,35,37)(H,39,40)/b27-15-. The number of amides is 3. The number of thioether (sulfide) groups is 1. The molecule has 4 N–H and O–H groups in total. The molecule has 0 aliphatic carbocycles. The lowest BCUT2D eigenvalue weighted by Gasteiger charge is -2.12. The van der Waals surface area contributed by atoms with Gasteiger partial charge in [0.05, 0.1) is 11.3 Å². The third-order valence-electron chi connectivity index (χ3n) is 5.74. The molecule has 0 saturated carbocycles. The maximum absolute atomic E-state index is 13.2. The minimum Gasteiger partial charge on any atom is -0.478 e. The number of aromatic carboxylic acids is 1. The van der Waals surface area contributed by atoms with Crippen LogP contribution < -0.4 is 16.0 Å². The third-order valence-corrected chi connectivity index (χ3v) is 6.74. The van der Waals surface area contributed by atoms with Gasteiger partial charge in [0, 0.05) is 34.2 Å². The first kappa shape index (κ1) is 28.8. The number of aromatic nitrogens is 1. The van der Waals surface area contributed by atoms with E-state index >= 15 is 0 Å². The molecule has 10 heteroatoms. The number of benzene rings is 3. The highest BCUT2D eigenvalue weighted by Crippen LogP contribution is 2.23. The average molecular weight is 567 g/mol. The van der Waals surface area contributed by atoms with Crippen LogP contribution in [0, 0.1) is 6.92 Å². The molecule has 0 spiro atoms. The van der Waals surface area contributed by atoms with Crippen LogP contribution in [0.25, 0.3) is 6.08 Å². The molecule has 0 saturated heterocycles. The highest BCUT2D eigenvalue weighted by atomic mass is 32.2. The first-order valence-electron chi connectivity index (χ1n) is 12.4. The van der Waals surface area contributed by atoms with Crippen molar-refractivity contribution in [2.75, 3.05) is 16.4 Å². The SMILES string of the molecule is Cc1ccc(C(=O)O)cc1NC(=O)CSc1cccc(NC(=O)/C(=C/c2cccnc2)NC(=O)c2ccccc2)c1. The fraction of sp³-hybridized carbons (Fsp3) is 0.0645. The molecule has 0 aliphatic rings. The number of carbonyl (C=O) groups is 4. The summed E-state index contributed by atoms with van der Waals surface area (Å²) in [6, 6.07) is 23.5. The average Bonchev–Trinajstić information content (AvgIpc) is 2.98. The van der Waals surface area contributed by atoms with Crippen molar-refractivity contribution in [3.05, 3.63) is 125 Å². The van der Waals surface area contributed by atoms with Gasteiger partial charge < -0.3 is 21.1 Å². The van der Waals surface area contributed by atoms with Crippen molar-refractivity contribution in [2.45, 2.75) is 11.8 Å². The summed E-state index contributed by atoms with van der Waals surface area (Å²) in [4.78, 5) is 54.6. The number of carboxylic acids is 1. The van der Waals surface area contributed by atoms with E-state index in [0.29, 0.717) is 22.5 Å². The monoisotopic (exact) mass is 566 g/mol. The van der Waals surface area contributed by atoms with Gasteiger partial charge in [-0.3, -0.25) is 19.4 Å². The van der Waals surface area contributed by atoms with Gasteiger partial charge in [-0.2, -0.15) is 0 Å². The molecule has 0 unspecified atom stereocenters. The van der Waals surface area contributed by atoms with Crippen molar-refractivity contribution in [1.82, 2.24) is 10.3 Å². The number of hydrogen-bond acceptors (Lipinski definition) is 6. The molecule has 3 amide bonds. The third kappa shape index (κ3) is 8.38. The lowest BCUT2D eigenvalue weighted by molar-refractivity contribution is -0.114. The van der Waals surface area contributed by atoms with Gasteiger partial charge in [-0.05, 0) is 72.7 Å². The van der Waals surface area contributed by atoms with Crippen LogP contribution in [0.1, 0.15) is 31.8 Å². The van der Waals surface area contributed by atoms with E-state index < -0.39 is 17.8 Å². The Hall–Kier alpha value is -5.22. The Morgan fingerprint density at radius 1 is 0.878 bits per heavy atom. The zero-order chi connectivity index (χ0) is 29.2. The van der Waals surface area contributed by atoms with Crippen molar-refractivity contribution in [3.8, 4) is 0 Å². The minimum atomic E-state index is -1.08. The summed E-state index contributed by atoms with van der Waals surface area (Å²) in [6.45, 7) is 1.78. The van der Waals surface area contributed by atoms with Gasteiger partial charge in [-0.25, -0.2) is 4.79 Å². The van der Waals surface area contributed by atoms with Crippen LogP contribution in [0.5, 0.6) is 0 Å². The van der Waals surface area contributed by atoms with Gasteiger partial charge in [0.25, 0.3) is 11.8 Å². The number of nitrogens with zero attached hydrogens (tertiary/aromatic N) is 1. The van der Waals surface area contributed by atoms with Crippen LogP contribution in [0.3, 0.4) is 0 Å². The van der Waals surface area contributed by atoms with E-state index in [4.69, 9.17) is 0 Å². The second kappa shape index (κ2) is 13.7. The molecule has 0 fully saturated rings. The molecular weight excluding hydrogens is 540 g/mol. The van der Waals surface area contributed by atoms with E-state index in [1.54, 1.807) is 92.1 Å². The maximum atomic E-state index is 13.2. The molecule has 0 radical (unpaired) electrons. The van der Waals surface area contributed by atoms with Gasteiger partial charge in [0.2, 0.25) is 5.91 Å². The lowest BCUT2D eigenvalue weighted by Crippen LogP contribution is -2.30. The van der Waals surface area contributed by atoms with Gasteiger partial charge in [-0.15, -0.1) is 11.8 Å². The van der Waals surface area contributed by atoms with Crippen LogP contribution in [0.15, 0.2) is 108 Å². The Balaban J connectivity index is 1.43. The van der Waals surface area contributed by atoms with E-state index in [1.807, 2.05) is 0 Å². The molecule has 4 rings (SSSR count). The Labute approximate surface area is 240 Å². The number of rotatable bonds is 10. The minimum absolute atomic E-state index is 0.0308.